The van der Waals surface area contributed by atoms with E-state index in [1.165, 1.54) is 50.8 Å². The van der Waals surface area contributed by atoms with Crippen LogP contribution in [-0.2, 0) is 7.05 Å². The van der Waals surface area contributed by atoms with Gasteiger partial charge in [-0.15, -0.1) is 0 Å². The lowest BCUT2D eigenvalue weighted by Gasteiger charge is -2.28. The third-order valence-electron chi connectivity index (χ3n) is 4.07. The van der Waals surface area contributed by atoms with Crippen LogP contribution in [-0.4, -0.2) is 16.6 Å². The molecule has 0 amide bonds. The van der Waals surface area contributed by atoms with Crippen molar-refractivity contribution in [2.75, 3.05) is 7.05 Å². The molecule has 1 unspecified atom stereocenters. The lowest BCUT2D eigenvalue weighted by atomic mass is 9.85. The Balaban J connectivity index is 2.08. The first-order chi connectivity index (χ1) is 8.33. The molecule has 0 radical (unpaired) electrons. The molecule has 0 bridgehead atoms. The number of nitrogens with one attached hydrogen (secondary N) is 1. The third kappa shape index (κ3) is 3.09. The normalized spacial score (nSPS) is 20.8. The second kappa shape index (κ2) is 6.20. The standard InChI is InChI=1S/C14H25N3/c1-15-13(14-16-10-11-17(14)2)12-8-6-4-3-5-7-9-12/h10-13,15H,3-9H2,1-2H3. The molecule has 1 aliphatic carbocycles. The highest BCUT2D eigenvalue weighted by molar-refractivity contribution is 5.01. The maximum atomic E-state index is 4.52. The monoisotopic (exact) mass is 235 g/mol. The molecule has 0 aromatic carbocycles. The first-order valence-electron chi connectivity index (χ1n) is 6.97. The summed E-state index contributed by atoms with van der Waals surface area (Å²) in [5.41, 5.74) is 0. The molecular formula is C14H25N3. The van der Waals surface area contributed by atoms with Gasteiger partial charge in [0.15, 0.2) is 0 Å². The zero-order chi connectivity index (χ0) is 12.1. The van der Waals surface area contributed by atoms with Crippen molar-refractivity contribution >= 4 is 0 Å². The molecule has 1 aliphatic rings. The number of hydrogen-bond acceptors (Lipinski definition) is 2. The third-order valence-corrected chi connectivity index (χ3v) is 4.07. The molecular weight excluding hydrogens is 210 g/mol. The minimum Gasteiger partial charge on any atom is -0.337 e. The molecule has 2 rings (SSSR count). The Labute approximate surface area is 105 Å². The van der Waals surface area contributed by atoms with Crippen molar-refractivity contribution in [3.63, 3.8) is 0 Å². The van der Waals surface area contributed by atoms with Gasteiger partial charge in [0, 0.05) is 19.4 Å². The fourth-order valence-electron chi connectivity index (χ4n) is 3.07. The molecule has 1 aromatic heterocycles. The average Bonchev–Trinajstić information content (AvgIpc) is 2.69. The molecule has 1 fully saturated rings. The minimum atomic E-state index is 0.424. The lowest BCUT2D eigenvalue weighted by molar-refractivity contribution is 0.287. The summed E-state index contributed by atoms with van der Waals surface area (Å²) in [4.78, 5) is 4.52. The Bertz CT molecular complexity index is 324. The van der Waals surface area contributed by atoms with Crippen LogP contribution >= 0.6 is 0 Å². The quantitative estimate of drug-likeness (QED) is 0.872. The Kier molecular flexibility index (Phi) is 4.60. The molecule has 1 heterocycles. The second-order valence-corrected chi connectivity index (χ2v) is 5.27. The van der Waals surface area contributed by atoms with E-state index in [4.69, 9.17) is 0 Å². The van der Waals surface area contributed by atoms with Crippen molar-refractivity contribution in [3.8, 4) is 0 Å². The topological polar surface area (TPSA) is 29.9 Å². The van der Waals surface area contributed by atoms with Gasteiger partial charge in [-0.3, -0.25) is 0 Å². The summed E-state index contributed by atoms with van der Waals surface area (Å²) in [6.07, 6.45) is 13.7. The molecule has 1 saturated carbocycles. The van der Waals surface area contributed by atoms with Gasteiger partial charge in [0.1, 0.15) is 5.82 Å². The largest absolute Gasteiger partial charge is 0.337 e. The molecule has 1 aromatic rings. The Hall–Kier alpha value is -0.830. The van der Waals surface area contributed by atoms with E-state index in [9.17, 15) is 0 Å². The summed E-state index contributed by atoms with van der Waals surface area (Å²) in [7, 11) is 4.16. The molecule has 17 heavy (non-hydrogen) atoms. The van der Waals surface area contributed by atoms with E-state index in [2.05, 4.69) is 29.0 Å². The van der Waals surface area contributed by atoms with Gasteiger partial charge in [-0.25, -0.2) is 4.98 Å². The number of nitrogens with zero attached hydrogens (tertiary/aromatic N) is 2. The highest BCUT2D eigenvalue weighted by atomic mass is 15.1. The highest BCUT2D eigenvalue weighted by Gasteiger charge is 2.24. The Morgan fingerprint density at radius 2 is 1.88 bits per heavy atom. The lowest BCUT2D eigenvalue weighted by Crippen LogP contribution is -2.28. The van der Waals surface area contributed by atoms with Crippen LogP contribution in [0, 0.1) is 5.92 Å². The first kappa shape index (κ1) is 12.6. The fraction of sp³-hybridized carbons (Fsp3) is 0.786. The van der Waals surface area contributed by atoms with Crippen LogP contribution in [0.25, 0.3) is 0 Å². The zero-order valence-electron chi connectivity index (χ0n) is 11.2. The summed E-state index contributed by atoms with van der Waals surface area (Å²) in [6.45, 7) is 0. The molecule has 0 aliphatic heterocycles. The molecule has 3 nitrogen and oxygen atoms in total. The zero-order valence-corrected chi connectivity index (χ0v) is 11.2. The molecule has 3 heteroatoms. The average molecular weight is 235 g/mol. The van der Waals surface area contributed by atoms with Gasteiger partial charge < -0.3 is 9.88 Å². The van der Waals surface area contributed by atoms with Crippen molar-refractivity contribution < 1.29 is 0 Å². The predicted octanol–water partition coefficient (Wildman–Crippen LogP) is 3.04. The van der Waals surface area contributed by atoms with Crippen molar-refractivity contribution in [1.29, 1.82) is 0 Å². The van der Waals surface area contributed by atoms with Gasteiger partial charge >= 0.3 is 0 Å². The number of hydrogen-bond donors (Lipinski definition) is 1. The summed E-state index contributed by atoms with van der Waals surface area (Å²) < 4.78 is 2.15. The van der Waals surface area contributed by atoms with Gasteiger partial charge in [-0.05, 0) is 25.8 Å². The van der Waals surface area contributed by atoms with Gasteiger partial charge in [-0.1, -0.05) is 32.1 Å². The van der Waals surface area contributed by atoms with Crippen LogP contribution in [0.3, 0.4) is 0 Å². The van der Waals surface area contributed by atoms with E-state index < -0.39 is 0 Å². The molecule has 1 atom stereocenters. The molecule has 1 N–H and O–H groups in total. The predicted molar refractivity (Wildman–Crippen MR) is 70.8 cm³/mol. The van der Waals surface area contributed by atoms with Crippen LogP contribution in [0.4, 0.5) is 0 Å². The summed E-state index contributed by atoms with van der Waals surface area (Å²) in [5.74, 6) is 1.94. The first-order valence-corrected chi connectivity index (χ1v) is 6.97. The molecule has 0 spiro atoms. The van der Waals surface area contributed by atoms with Crippen LogP contribution in [0.5, 0.6) is 0 Å². The number of imidazole rings is 1. The van der Waals surface area contributed by atoms with E-state index in [0.29, 0.717) is 6.04 Å². The van der Waals surface area contributed by atoms with Crippen molar-refractivity contribution in [2.45, 2.75) is 51.0 Å². The van der Waals surface area contributed by atoms with Crippen molar-refractivity contribution in [3.05, 3.63) is 18.2 Å². The smallest absolute Gasteiger partial charge is 0.125 e. The van der Waals surface area contributed by atoms with E-state index in [-0.39, 0.29) is 0 Å². The van der Waals surface area contributed by atoms with Crippen LogP contribution in [0.1, 0.15) is 56.8 Å². The van der Waals surface area contributed by atoms with Crippen molar-refractivity contribution in [2.24, 2.45) is 13.0 Å². The fourth-order valence-corrected chi connectivity index (χ4v) is 3.07. The summed E-state index contributed by atoms with van der Waals surface area (Å²) in [5, 5.41) is 3.48. The molecule has 0 saturated heterocycles. The SMILES string of the molecule is CNC(c1nccn1C)C1CCCCCCC1. The second-order valence-electron chi connectivity index (χ2n) is 5.27. The highest BCUT2D eigenvalue weighted by Crippen LogP contribution is 2.31. The van der Waals surface area contributed by atoms with Gasteiger partial charge in [0.2, 0.25) is 0 Å². The van der Waals surface area contributed by atoms with Crippen LogP contribution in [0.15, 0.2) is 12.4 Å². The summed E-state index contributed by atoms with van der Waals surface area (Å²) in [6, 6.07) is 0.424. The Morgan fingerprint density at radius 3 is 2.41 bits per heavy atom. The van der Waals surface area contributed by atoms with Gasteiger partial charge in [0.05, 0.1) is 6.04 Å². The van der Waals surface area contributed by atoms with Crippen LogP contribution in [0.2, 0.25) is 0 Å². The van der Waals surface area contributed by atoms with Gasteiger partial charge in [0.25, 0.3) is 0 Å². The maximum absolute atomic E-state index is 4.52. The van der Waals surface area contributed by atoms with Gasteiger partial charge in [-0.2, -0.15) is 0 Å². The van der Waals surface area contributed by atoms with Crippen molar-refractivity contribution in [1.82, 2.24) is 14.9 Å². The van der Waals surface area contributed by atoms with E-state index >= 15 is 0 Å². The number of aryl methyl sites for hydroxylation is 1. The van der Waals surface area contributed by atoms with E-state index in [0.717, 1.165) is 5.92 Å². The number of aromatic nitrogens is 2. The molecule has 96 valence electrons. The van der Waals surface area contributed by atoms with E-state index in [1.54, 1.807) is 0 Å². The van der Waals surface area contributed by atoms with Crippen LogP contribution < -0.4 is 5.32 Å². The number of rotatable bonds is 3. The summed E-state index contributed by atoms with van der Waals surface area (Å²) >= 11 is 0. The maximum Gasteiger partial charge on any atom is 0.125 e. The minimum absolute atomic E-state index is 0.424. The Morgan fingerprint density at radius 1 is 1.24 bits per heavy atom. The van der Waals surface area contributed by atoms with E-state index in [1.807, 2.05) is 12.4 Å².